The van der Waals surface area contributed by atoms with Gasteiger partial charge in [0.15, 0.2) is 15.0 Å². The van der Waals surface area contributed by atoms with Gasteiger partial charge in [-0.25, -0.2) is 27.0 Å². The van der Waals surface area contributed by atoms with Crippen LogP contribution in [0.3, 0.4) is 0 Å². The third-order valence-corrected chi connectivity index (χ3v) is 9.52. The number of aromatic amines is 1. The molecule has 3 heterocycles. The summed E-state index contributed by atoms with van der Waals surface area (Å²) in [5.74, 6) is -0.432. The zero-order valence-electron chi connectivity index (χ0n) is 18.8. The molecular formula is C20H22N8O5S3. The minimum absolute atomic E-state index is 0.0854. The molecule has 0 amide bonds. The Morgan fingerprint density at radius 1 is 1.08 bits per heavy atom. The first-order chi connectivity index (χ1) is 17.1. The summed E-state index contributed by atoms with van der Waals surface area (Å²) in [7, 11) is -8.66. The van der Waals surface area contributed by atoms with Crippen molar-refractivity contribution in [3.05, 3.63) is 30.3 Å². The number of hydrogen-bond donors (Lipinski definition) is 3. The highest BCUT2D eigenvalue weighted by molar-refractivity contribution is 7.93. The van der Waals surface area contributed by atoms with Crippen LogP contribution in [0.15, 0.2) is 40.1 Å². The molecule has 1 fully saturated rings. The first kappa shape index (κ1) is 24.7. The van der Waals surface area contributed by atoms with Gasteiger partial charge in [-0.1, -0.05) is 29.5 Å². The van der Waals surface area contributed by atoms with E-state index in [1.807, 2.05) is 11.0 Å². The van der Waals surface area contributed by atoms with E-state index in [-0.39, 0.29) is 23.7 Å². The Bertz CT molecular complexity index is 1630. The van der Waals surface area contributed by atoms with Crippen LogP contribution in [0.25, 0.3) is 32.7 Å². The largest absolute Gasteiger partial charge is 0.379 e. The number of nitrogens with one attached hydrogen (secondary N) is 1. The molecule has 5 N–H and O–H groups in total. The minimum Gasteiger partial charge on any atom is -0.379 e. The second-order valence-corrected chi connectivity index (χ2v) is 12.7. The van der Waals surface area contributed by atoms with E-state index >= 15 is 0 Å². The third-order valence-electron chi connectivity index (χ3n) is 5.82. The van der Waals surface area contributed by atoms with Gasteiger partial charge >= 0.3 is 0 Å². The first-order valence-corrected chi connectivity index (χ1v) is 14.8. The molecule has 1 aliphatic heterocycles. The third kappa shape index (κ3) is 4.70. The Hall–Kier alpha value is -3.02. The van der Waals surface area contributed by atoms with E-state index in [9.17, 15) is 16.8 Å². The molecule has 0 unspecified atom stereocenters. The molecular weight excluding hydrogens is 528 g/mol. The summed E-state index contributed by atoms with van der Waals surface area (Å²) in [4.78, 5) is 5.30. The molecule has 2 aromatic heterocycles. The number of sulfone groups is 1. The number of nitrogen functional groups attached to an aromatic ring is 1. The zero-order chi connectivity index (χ0) is 25.5. The molecule has 13 nitrogen and oxygen atoms in total. The van der Waals surface area contributed by atoms with E-state index in [2.05, 4.69) is 25.6 Å². The van der Waals surface area contributed by atoms with Gasteiger partial charge in [-0.3, -0.25) is 4.90 Å². The first-order valence-electron chi connectivity index (χ1n) is 10.8. The van der Waals surface area contributed by atoms with Crippen LogP contribution in [0.5, 0.6) is 0 Å². The van der Waals surface area contributed by atoms with E-state index in [4.69, 9.17) is 15.6 Å². The van der Waals surface area contributed by atoms with Crippen LogP contribution in [0.4, 0.5) is 5.13 Å². The van der Waals surface area contributed by atoms with Crippen molar-refractivity contribution < 1.29 is 21.6 Å². The van der Waals surface area contributed by atoms with Gasteiger partial charge in [0.05, 0.1) is 39.6 Å². The lowest BCUT2D eigenvalue weighted by Gasteiger charge is -2.26. The molecule has 16 heteroatoms. The summed E-state index contributed by atoms with van der Waals surface area (Å²) in [6, 6.07) is 8.07. The molecule has 190 valence electrons. The average molecular weight is 551 g/mol. The predicted molar refractivity (Wildman–Crippen MR) is 133 cm³/mol. The number of nitrogens with two attached hydrogens (primary N) is 2. The van der Waals surface area contributed by atoms with Crippen LogP contribution in [-0.2, 0) is 24.6 Å². The zero-order valence-corrected chi connectivity index (χ0v) is 21.2. The van der Waals surface area contributed by atoms with Crippen LogP contribution in [-0.4, -0.2) is 85.9 Å². The number of sulfonamides is 1. The van der Waals surface area contributed by atoms with Crippen molar-refractivity contribution in [3.8, 4) is 22.5 Å². The van der Waals surface area contributed by atoms with Crippen molar-refractivity contribution in [3.63, 3.8) is 0 Å². The van der Waals surface area contributed by atoms with Gasteiger partial charge in [-0.2, -0.15) is 5.21 Å². The maximum absolute atomic E-state index is 13.5. The van der Waals surface area contributed by atoms with E-state index in [1.54, 1.807) is 12.1 Å². The van der Waals surface area contributed by atoms with Crippen molar-refractivity contribution in [2.75, 3.05) is 44.3 Å². The monoisotopic (exact) mass is 550 g/mol. The Balaban J connectivity index is 1.72. The minimum atomic E-state index is -4.57. The van der Waals surface area contributed by atoms with Crippen molar-refractivity contribution in [1.29, 1.82) is 0 Å². The van der Waals surface area contributed by atoms with Crippen molar-refractivity contribution in [1.82, 2.24) is 30.5 Å². The number of primary sulfonamides is 1. The maximum Gasteiger partial charge on any atom is 0.240 e. The number of nitrogens with zero attached hydrogens (tertiary/aromatic N) is 5. The summed E-state index contributed by atoms with van der Waals surface area (Å²) in [5, 5.41) is 19.7. The van der Waals surface area contributed by atoms with Crippen molar-refractivity contribution in [2.45, 2.75) is 9.79 Å². The second kappa shape index (κ2) is 9.45. The number of hydrogen-bond acceptors (Lipinski definition) is 12. The van der Waals surface area contributed by atoms with E-state index in [0.717, 1.165) is 4.70 Å². The van der Waals surface area contributed by atoms with Crippen LogP contribution in [0, 0.1) is 0 Å². The Morgan fingerprint density at radius 2 is 1.86 bits per heavy atom. The molecule has 0 aliphatic carbocycles. The lowest BCUT2D eigenvalue weighted by molar-refractivity contribution is 0.0408. The van der Waals surface area contributed by atoms with Crippen LogP contribution in [0.2, 0.25) is 0 Å². The fraction of sp³-hybridized carbons (Fsp3) is 0.300. The van der Waals surface area contributed by atoms with E-state index < -0.39 is 29.7 Å². The summed E-state index contributed by atoms with van der Waals surface area (Å²) >= 11 is 1.27. The quantitative estimate of drug-likeness (QED) is 0.289. The van der Waals surface area contributed by atoms with Crippen molar-refractivity contribution >= 4 is 46.5 Å². The summed E-state index contributed by atoms with van der Waals surface area (Å²) in [6.45, 7) is 2.40. The standard InChI is InChI=1S/C20H22N8O5S3/c21-20-23-17-13(2-1-3-14(17)34-20)12-4-5-15(35(29,30)11-8-28-6-9-33-10-7-28)18(36(22,31)32)16(12)19-24-26-27-25-19/h1-5H,6-11H2,(H2,21,23)(H2,22,31,32)(H,24,25,26,27). The SMILES string of the molecule is Nc1nc2c(-c3ccc(S(=O)(=O)CCN4CCOCC4)c(S(N)(=O)=O)c3-c3nn[nH]n3)cccc2s1. The molecule has 4 aromatic rings. The highest BCUT2D eigenvalue weighted by atomic mass is 32.2. The maximum atomic E-state index is 13.5. The van der Waals surface area contributed by atoms with Gasteiger partial charge in [0, 0.05) is 25.2 Å². The van der Waals surface area contributed by atoms with Gasteiger partial charge in [0.25, 0.3) is 0 Å². The molecule has 5 rings (SSSR count). The normalized spacial score (nSPS) is 15.5. The number of aromatic nitrogens is 5. The number of fused-ring (bicyclic) bond motifs is 1. The molecule has 1 saturated heterocycles. The molecule has 0 saturated carbocycles. The molecule has 36 heavy (non-hydrogen) atoms. The van der Waals surface area contributed by atoms with Crippen LogP contribution >= 0.6 is 11.3 Å². The number of benzene rings is 2. The number of thiazole rings is 1. The summed E-state index contributed by atoms with van der Waals surface area (Å²) in [5.41, 5.74) is 7.18. The molecule has 0 radical (unpaired) electrons. The molecule has 0 bridgehead atoms. The average Bonchev–Trinajstić information content (AvgIpc) is 3.51. The van der Waals surface area contributed by atoms with Crippen LogP contribution < -0.4 is 10.9 Å². The Morgan fingerprint density at radius 3 is 2.56 bits per heavy atom. The van der Waals surface area contributed by atoms with E-state index in [0.29, 0.717) is 48.1 Å². The Kier molecular flexibility index (Phi) is 6.48. The second-order valence-electron chi connectivity index (χ2n) is 8.07. The number of rotatable bonds is 7. The number of morpholine rings is 1. The van der Waals surface area contributed by atoms with Gasteiger partial charge in [-0.05, 0) is 22.9 Å². The predicted octanol–water partition coefficient (Wildman–Crippen LogP) is 0.479. The summed E-state index contributed by atoms with van der Waals surface area (Å²) < 4.78 is 58.9. The van der Waals surface area contributed by atoms with Gasteiger partial charge in [-0.15, -0.1) is 10.2 Å². The molecule has 0 spiro atoms. The topological polar surface area (TPSA) is 200 Å². The molecule has 2 aromatic carbocycles. The summed E-state index contributed by atoms with van der Waals surface area (Å²) in [6.07, 6.45) is 0. The number of anilines is 1. The van der Waals surface area contributed by atoms with E-state index in [1.165, 1.54) is 23.5 Å². The molecule has 1 aliphatic rings. The number of ether oxygens (including phenoxy) is 1. The smallest absolute Gasteiger partial charge is 0.240 e. The lowest BCUT2D eigenvalue weighted by Crippen LogP contribution is -2.39. The molecule has 0 atom stereocenters. The van der Waals surface area contributed by atoms with Gasteiger partial charge < -0.3 is 10.5 Å². The lowest BCUT2D eigenvalue weighted by atomic mass is 9.98. The number of para-hydroxylation sites is 1. The van der Waals surface area contributed by atoms with Gasteiger partial charge in [0.1, 0.15) is 4.90 Å². The fourth-order valence-electron chi connectivity index (χ4n) is 4.17. The number of tetrazole rings is 1. The number of H-pyrrole nitrogens is 1. The van der Waals surface area contributed by atoms with Crippen molar-refractivity contribution in [2.24, 2.45) is 5.14 Å². The Labute approximate surface area is 210 Å². The highest BCUT2D eigenvalue weighted by Gasteiger charge is 2.33. The van der Waals surface area contributed by atoms with Crippen LogP contribution in [0.1, 0.15) is 0 Å². The highest BCUT2D eigenvalue weighted by Crippen LogP contribution is 2.42. The van der Waals surface area contributed by atoms with Gasteiger partial charge in [0.2, 0.25) is 15.8 Å². The fourth-order valence-corrected chi connectivity index (χ4v) is 7.88.